The van der Waals surface area contributed by atoms with E-state index in [9.17, 15) is 18.0 Å². The van der Waals surface area contributed by atoms with Crippen LogP contribution in [-0.2, 0) is 9.53 Å². The first-order valence-corrected chi connectivity index (χ1v) is 7.64. The number of nitrogens with zero attached hydrogens (tertiary/aromatic N) is 1. The lowest BCUT2D eigenvalue weighted by Gasteiger charge is -2.63. The molecule has 0 aromatic heterocycles. The molecule has 7 heteroatoms. The zero-order valence-corrected chi connectivity index (χ0v) is 12.5. The molecule has 1 atom stereocenters. The van der Waals surface area contributed by atoms with Crippen molar-refractivity contribution in [1.29, 1.82) is 0 Å². The van der Waals surface area contributed by atoms with Crippen molar-refractivity contribution in [1.82, 2.24) is 4.90 Å². The first-order valence-electron chi connectivity index (χ1n) is 7.64. The van der Waals surface area contributed by atoms with E-state index >= 15 is 0 Å². The number of halogens is 3. The van der Waals surface area contributed by atoms with Gasteiger partial charge in [-0.25, -0.2) is 4.74 Å². The van der Waals surface area contributed by atoms with Crippen molar-refractivity contribution in [2.24, 2.45) is 5.41 Å². The number of carbonyl (C=O) groups is 1. The molecule has 126 valence electrons. The Balaban J connectivity index is 1.99. The maximum atomic E-state index is 13.1. The number of rotatable bonds is 4. The highest BCUT2D eigenvalue weighted by Gasteiger charge is 2.71. The predicted molar refractivity (Wildman–Crippen MR) is 75.2 cm³/mol. The van der Waals surface area contributed by atoms with Crippen LogP contribution in [0.3, 0.4) is 0 Å². The minimum absolute atomic E-state index is 0.222. The molecule has 1 saturated heterocycles. The molecule has 0 bridgehead atoms. The fourth-order valence-electron chi connectivity index (χ4n) is 3.71. The van der Waals surface area contributed by atoms with Gasteiger partial charge in [0.25, 0.3) is 0 Å². The van der Waals surface area contributed by atoms with E-state index in [2.05, 4.69) is 4.74 Å². The van der Waals surface area contributed by atoms with Gasteiger partial charge in [-0.1, -0.05) is 37.5 Å². The largest absolute Gasteiger partial charge is 0.527 e. The van der Waals surface area contributed by atoms with Gasteiger partial charge in [-0.2, -0.15) is 0 Å². The minimum atomic E-state index is -4.90. The lowest BCUT2D eigenvalue weighted by molar-refractivity contribution is -0.490. The van der Waals surface area contributed by atoms with Crippen molar-refractivity contribution < 1.29 is 27.4 Å². The van der Waals surface area contributed by atoms with Crippen LogP contribution in [0.4, 0.5) is 13.2 Å². The van der Waals surface area contributed by atoms with Crippen LogP contribution in [-0.4, -0.2) is 30.1 Å². The molecule has 1 unspecified atom stereocenters. The Bertz CT molecular complexity index is 557. The molecule has 1 aromatic rings. The molecular formula is C16H18F3NO3. The number of likely N-dealkylation sites (tertiary alicyclic amines) is 1. The normalized spacial score (nSPS) is 26.7. The summed E-state index contributed by atoms with van der Waals surface area (Å²) in [6.45, 7) is 0.222. The topological polar surface area (TPSA) is 38.8 Å². The molecule has 1 aliphatic heterocycles. The third-order valence-corrected chi connectivity index (χ3v) is 4.71. The van der Waals surface area contributed by atoms with E-state index in [0.29, 0.717) is 19.3 Å². The standard InChI is InChI=1S/C16H18F3NO3/c17-16(18,19)23-15(22-13-7-3-1-4-8-13)14(11-20(15)12-21)9-5-2-6-10-14/h1,3-4,7-8,12H,2,5-6,9-11H2. The summed E-state index contributed by atoms with van der Waals surface area (Å²) in [6, 6.07) is 8.17. The van der Waals surface area contributed by atoms with Gasteiger partial charge < -0.3 is 4.74 Å². The second kappa shape index (κ2) is 5.70. The van der Waals surface area contributed by atoms with Gasteiger partial charge in [0, 0.05) is 6.54 Å². The van der Waals surface area contributed by atoms with Crippen LogP contribution in [0.25, 0.3) is 0 Å². The summed E-state index contributed by atoms with van der Waals surface area (Å²) in [5, 5.41) is 0. The zero-order valence-electron chi connectivity index (χ0n) is 12.5. The van der Waals surface area contributed by atoms with E-state index < -0.39 is 17.7 Å². The average molecular weight is 329 g/mol. The second-order valence-electron chi connectivity index (χ2n) is 6.12. The Morgan fingerprint density at radius 3 is 2.30 bits per heavy atom. The van der Waals surface area contributed by atoms with Gasteiger partial charge in [-0.3, -0.25) is 9.69 Å². The fourth-order valence-corrected chi connectivity index (χ4v) is 3.71. The molecule has 23 heavy (non-hydrogen) atoms. The van der Waals surface area contributed by atoms with Gasteiger partial charge >= 0.3 is 12.3 Å². The van der Waals surface area contributed by atoms with Gasteiger partial charge in [0.05, 0.1) is 5.41 Å². The number of ether oxygens (including phenoxy) is 2. The Kier molecular flexibility index (Phi) is 4.00. The van der Waals surface area contributed by atoms with E-state index in [4.69, 9.17) is 4.74 Å². The van der Waals surface area contributed by atoms with E-state index in [-0.39, 0.29) is 12.3 Å². The quantitative estimate of drug-likeness (QED) is 0.625. The summed E-state index contributed by atoms with van der Waals surface area (Å²) in [4.78, 5) is 12.3. The Labute approximate surface area is 132 Å². The smallest absolute Gasteiger partial charge is 0.443 e. The highest BCUT2D eigenvalue weighted by Crippen LogP contribution is 2.57. The number of benzene rings is 1. The molecule has 1 aliphatic carbocycles. The third-order valence-electron chi connectivity index (χ3n) is 4.71. The predicted octanol–water partition coefficient (Wildman–Crippen LogP) is 3.68. The Morgan fingerprint density at radius 1 is 1.09 bits per heavy atom. The summed E-state index contributed by atoms with van der Waals surface area (Å²) in [5.41, 5.74) is -0.822. The highest BCUT2D eigenvalue weighted by atomic mass is 19.4. The van der Waals surface area contributed by atoms with E-state index in [1.165, 1.54) is 0 Å². The molecule has 1 aromatic carbocycles. The van der Waals surface area contributed by atoms with E-state index in [0.717, 1.165) is 24.2 Å². The Morgan fingerprint density at radius 2 is 1.74 bits per heavy atom. The van der Waals surface area contributed by atoms with Gasteiger partial charge in [-0.15, -0.1) is 13.2 Å². The number of amides is 1. The van der Waals surface area contributed by atoms with Crippen LogP contribution in [0, 0.1) is 5.41 Å². The number of carbonyl (C=O) groups excluding carboxylic acids is 1. The maximum Gasteiger partial charge on any atom is 0.527 e. The molecular weight excluding hydrogens is 311 g/mol. The molecule has 2 aliphatic rings. The highest BCUT2D eigenvalue weighted by molar-refractivity contribution is 5.52. The van der Waals surface area contributed by atoms with Crippen LogP contribution in [0.1, 0.15) is 32.1 Å². The SMILES string of the molecule is O=CN1CC2(CCCCC2)C1(Oc1ccccc1)OC(F)(F)F. The van der Waals surface area contributed by atoms with Crippen molar-refractivity contribution in [2.75, 3.05) is 6.54 Å². The molecule has 1 spiro atoms. The summed E-state index contributed by atoms with van der Waals surface area (Å²) in [5.74, 6) is -1.87. The summed E-state index contributed by atoms with van der Waals surface area (Å²) < 4.78 is 49.3. The van der Waals surface area contributed by atoms with Crippen LogP contribution in [0.2, 0.25) is 0 Å². The first kappa shape index (κ1) is 16.1. The molecule has 1 amide bonds. The van der Waals surface area contributed by atoms with Crippen molar-refractivity contribution >= 4 is 6.41 Å². The molecule has 1 saturated carbocycles. The summed E-state index contributed by atoms with van der Waals surface area (Å²) >= 11 is 0. The van der Waals surface area contributed by atoms with Crippen molar-refractivity contribution in [3.63, 3.8) is 0 Å². The maximum absolute atomic E-state index is 13.1. The molecule has 0 N–H and O–H groups in total. The number of hydrogen-bond acceptors (Lipinski definition) is 3. The lowest BCUT2D eigenvalue weighted by atomic mass is 9.65. The van der Waals surface area contributed by atoms with Crippen LogP contribution in [0.5, 0.6) is 5.75 Å². The van der Waals surface area contributed by atoms with Crippen LogP contribution >= 0.6 is 0 Å². The monoisotopic (exact) mass is 329 g/mol. The summed E-state index contributed by atoms with van der Waals surface area (Å²) in [6.07, 6.45) is -0.881. The summed E-state index contributed by atoms with van der Waals surface area (Å²) in [7, 11) is 0. The molecule has 0 radical (unpaired) electrons. The van der Waals surface area contributed by atoms with Crippen molar-refractivity contribution in [3.8, 4) is 5.75 Å². The second-order valence-corrected chi connectivity index (χ2v) is 6.12. The van der Waals surface area contributed by atoms with E-state index in [1.807, 2.05) is 0 Å². The number of alkyl halides is 3. The zero-order chi connectivity index (χ0) is 16.6. The van der Waals surface area contributed by atoms with Gasteiger partial charge in [-0.05, 0) is 25.0 Å². The molecule has 2 fully saturated rings. The number of hydrogen-bond donors (Lipinski definition) is 0. The van der Waals surface area contributed by atoms with Crippen LogP contribution in [0.15, 0.2) is 30.3 Å². The molecule has 3 rings (SSSR count). The third kappa shape index (κ3) is 2.78. The van der Waals surface area contributed by atoms with Gasteiger partial charge in [0.15, 0.2) is 0 Å². The van der Waals surface area contributed by atoms with Crippen molar-refractivity contribution in [2.45, 2.75) is 44.4 Å². The van der Waals surface area contributed by atoms with Gasteiger partial charge in [0.2, 0.25) is 6.41 Å². The average Bonchev–Trinajstić information content (AvgIpc) is 2.52. The first-order chi connectivity index (χ1) is 10.9. The minimum Gasteiger partial charge on any atom is -0.443 e. The van der Waals surface area contributed by atoms with E-state index in [1.54, 1.807) is 30.3 Å². The molecule has 1 heterocycles. The fraction of sp³-hybridized carbons (Fsp3) is 0.562. The molecule has 4 nitrogen and oxygen atoms in total. The van der Waals surface area contributed by atoms with Crippen LogP contribution < -0.4 is 4.74 Å². The Hall–Kier alpha value is -1.76. The number of para-hydroxylation sites is 1. The lowest BCUT2D eigenvalue weighted by Crippen LogP contribution is -2.79. The van der Waals surface area contributed by atoms with Crippen molar-refractivity contribution in [3.05, 3.63) is 30.3 Å². The van der Waals surface area contributed by atoms with Gasteiger partial charge in [0.1, 0.15) is 5.75 Å².